The number of ether oxygens (including phenoxy) is 1. The first kappa shape index (κ1) is 17.9. The van der Waals surface area contributed by atoms with Crippen molar-refractivity contribution in [2.75, 3.05) is 26.3 Å². The molecule has 5 rings (SSSR count). The molecule has 1 aliphatic heterocycles. The first-order valence-electron chi connectivity index (χ1n) is 9.79. The lowest BCUT2D eigenvalue weighted by molar-refractivity contribution is 0.0178. The quantitative estimate of drug-likeness (QED) is 0.503. The summed E-state index contributed by atoms with van der Waals surface area (Å²) >= 11 is 0. The van der Waals surface area contributed by atoms with Gasteiger partial charge in [-0.3, -0.25) is 9.69 Å². The van der Waals surface area contributed by atoms with Crippen molar-refractivity contribution < 1.29 is 4.74 Å². The molecule has 1 aliphatic rings. The van der Waals surface area contributed by atoms with Crippen LogP contribution in [0.4, 0.5) is 0 Å². The Hall–Kier alpha value is -3.16. The number of benzene rings is 2. The van der Waals surface area contributed by atoms with Gasteiger partial charge in [-0.25, -0.2) is 4.98 Å². The van der Waals surface area contributed by atoms with Gasteiger partial charge >= 0.3 is 0 Å². The SMILES string of the molecule is CC(c1nc2ccccc2c2nc(=O)c(-c3ccccc3)nn12)N1CCOCC1. The Morgan fingerprint density at radius 3 is 2.48 bits per heavy atom. The van der Waals surface area contributed by atoms with Crippen LogP contribution in [0.1, 0.15) is 18.8 Å². The summed E-state index contributed by atoms with van der Waals surface area (Å²) in [6.07, 6.45) is 0. The van der Waals surface area contributed by atoms with Crippen LogP contribution in [0.15, 0.2) is 59.4 Å². The molecule has 0 saturated carbocycles. The van der Waals surface area contributed by atoms with E-state index in [1.165, 1.54) is 0 Å². The van der Waals surface area contributed by atoms with E-state index in [0.717, 1.165) is 35.4 Å². The highest BCUT2D eigenvalue weighted by molar-refractivity contribution is 5.91. The summed E-state index contributed by atoms with van der Waals surface area (Å²) in [4.78, 5) is 24.5. The van der Waals surface area contributed by atoms with Gasteiger partial charge in [-0.05, 0) is 19.1 Å². The topological polar surface area (TPSA) is 72.6 Å². The van der Waals surface area contributed by atoms with Crippen molar-refractivity contribution in [2.24, 2.45) is 0 Å². The van der Waals surface area contributed by atoms with Crippen LogP contribution in [0.3, 0.4) is 0 Å². The monoisotopic (exact) mass is 387 g/mol. The second-order valence-electron chi connectivity index (χ2n) is 7.18. The minimum Gasteiger partial charge on any atom is -0.379 e. The van der Waals surface area contributed by atoms with Gasteiger partial charge in [0, 0.05) is 24.0 Å². The minimum absolute atomic E-state index is 0.00596. The van der Waals surface area contributed by atoms with Crippen LogP contribution in [0.5, 0.6) is 0 Å². The van der Waals surface area contributed by atoms with E-state index >= 15 is 0 Å². The molecule has 0 amide bonds. The normalized spacial score (nSPS) is 16.3. The van der Waals surface area contributed by atoms with E-state index in [2.05, 4.69) is 16.8 Å². The van der Waals surface area contributed by atoms with E-state index in [0.29, 0.717) is 24.6 Å². The van der Waals surface area contributed by atoms with Gasteiger partial charge in [-0.2, -0.15) is 14.6 Å². The van der Waals surface area contributed by atoms with Crippen molar-refractivity contribution in [3.63, 3.8) is 0 Å². The van der Waals surface area contributed by atoms with Crippen LogP contribution in [-0.4, -0.2) is 50.8 Å². The number of hydrogen-bond acceptors (Lipinski definition) is 6. The number of para-hydroxylation sites is 1. The average molecular weight is 387 g/mol. The van der Waals surface area contributed by atoms with Crippen LogP contribution in [0.2, 0.25) is 0 Å². The highest BCUT2D eigenvalue weighted by atomic mass is 16.5. The molecule has 2 aromatic heterocycles. The molecule has 7 nitrogen and oxygen atoms in total. The number of nitrogens with zero attached hydrogens (tertiary/aromatic N) is 5. The summed E-state index contributed by atoms with van der Waals surface area (Å²) < 4.78 is 7.24. The maximum Gasteiger partial charge on any atom is 0.300 e. The predicted octanol–water partition coefficient (Wildman–Crippen LogP) is 2.70. The van der Waals surface area contributed by atoms with Gasteiger partial charge in [-0.1, -0.05) is 42.5 Å². The third-order valence-corrected chi connectivity index (χ3v) is 5.42. The summed E-state index contributed by atoms with van der Waals surface area (Å²) in [6.45, 7) is 5.18. The molecule has 0 radical (unpaired) electrons. The van der Waals surface area contributed by atoms with Crippen LogP contribution in [0, 0.1) is 0 Å². The van der Waals surface area contributed by atoms with Gasteiger partial charge in [0.15, 0.2) is 11.3 Å². The second-order valence-corrected chi connectivity index (χ2v) is 7.18. The lowest BCUT2D eigenvalue weighted by atomic mass is 10.1. The van der Waals surface area contributed by atoms with Gasteiger partial charge in [-0.15, -0.1) is 0 Å². The Morgan fingerprint density at radius 1 is 0.966 bits per heavy atom. The highest BCUT2D eigenvalue weighted by Crippen LogP contribution is 2.25. The number of hydrogen-bond donors (Lipinski definition) is 0. The van der Waals surface area contributed by atoms with Gasteiger partial charge in [0.05, 0.1) is 24.8 Å². The number of morpholine rings is 1. The zero-order valence-corrected chi connectivity index (χ0v) is 16.2. The zero-order chi connectivity index (χ0) is 19.8. The largest absolute Gasteiger partial charge is 0.379 e. The molecule has 7 heteroatoms. The van der Waals surface area contributed by atoms with E-state index in [9.17, 15) is 4.79 Å². The molecule has 1 fully saturated rings. The average Bonchev–Trinajstić information content (AvgIpc) is 2.79. The Kier molecular flexibility index (Phi) is 4.54. The lowest BCUT2D eigenvalue weighted by Crippen LogP contribution is -2.39. The van der Waals surface area contributed by atoms with Crippen LogP contribution < -0.4 is 5.56 Å². The number of aromatic nitrogens is 4. The van der Waals surface area contributed by atoms with Gasteiger partial charge in [0.25, 0.3) is 5.56 Å². The molecule has 4 aromatic rings. The van der Waals surface area contributed by atoms with Crippen LogP contribution in [0.25, 0.3) is 27.8 Å². The molecule has 2 aromatic carbocycles. The maximum atomic E-state index is 12.8. The molecule has 1 saturated heterocycles. The smallest absolute Gasteiger partial charge is 0.300 e. The molecule has 1 unspecified atom stereocenters. The molecular weight excluding hydrogens is 366 g/mol. The summed E-state index contributed by atoms with van der Waals surface area (Å²) in [5.74, 6) is 0.769. The van der Waals surface area contributed by atoms with Gasteiger partial charge in [0.2, 0.25) is 0 Å². The molecule has 0 N–H and O–H groups in total. The molecule has 0 spiro atoms. The molecular formula is C22H21N5O2. The van der Waals surface area contributed by atoms with E-state index in [1.807, 2.05) is 54.6 Å². The van der Waals surface area contributed by atoms with Crippen molar-refractivity contribution in [3.05, 3.63) is 70.8 Å². The van der Waals surface area contributed by atoms with Crippen LogP contribution >= 0.6 is 0 Å². The number of fused-ring (bicyclic) bond motifs is 3. The third-order valence-electron chi connectivity index (χ3n) is 5.42. The fourth-order valence-electron chi connectivity index (χ4n) is 3.83. The van der Waals surface area contributed by atoms with Gasteiger partial charge in [0.1, 0.15) is 5.82 Å². The number of rotatable bonds is 3. The summed E-state index contributed by atoms with van der Waals surface area (Å²) in [6, 6.07) is 17.2. The molecule has 3 heterocycles. The Balaban J connectivity index is 1.78. The molecule has 1 atom stereocenters. The van der Waals surface area contributed by atoms with Crippen molar-refractivity contribution >= 4 is 16.6 Å². The van der Waals surface area contributed by atoms with Crippen molar-refractivity contribution in [1.29, 1.82) is 0 Å². The molecule has 0 aliphatic carbocycles. The van der Waals surface area contributed by atoms with Crippen molar-refractivity contribution in [3.8, 4) is 11.3 Å². The first-order chi connectivity index (χ1) is 14.2. The molecule has 29 heavy (non-hydrogen) atoms. The van der Waals surface area contributed by atoms with E-state index in [1.54, 1.807) is 4.52 Å². The third kappa shape index (κ3) is 3.18. The molecule has 146 valence electrons. The Morgan fingerprint density at radius 2 is 1.69 bits per heavy atom. The lowest BCUT2D eigenvalue weighted by Gasteiger charge is -2.32. The molecule has 0 bridgehead atoms. The van der Waals surface area contributed by atoms with Crippen molar-refractivity contribution in [2.45, 2.75) is 13.0 Å². The first-order valence-corrected chi connectivity index (χ1v) is 9.79. The van der Waals surface area contributed by atoms with E-state index < -0.39 is 0 Å². The minimum atomic E-state index is -0.336. The van der Waals surface area contributed by atoms with Crippen molar-refractivity contribution in [1.82, 2.24) is 24.5 Å². The van der Waals surface area contributed by atoms with Crippen LogP contribution in [-0.2, 0) is 4.74 Å². The van der Waals surface area contributed by atoms with E-state index in [-0.39, 0.29) is 11.6 Å². The fourth-order valence-corrected chi connectivity index (χ4v) is 3.83. The second kappa shape index (κ2) is 7.35. The van der Waals surface area contributed by atoms with Gasteiger partial charge < -0.3 is 4.74 Å². The summed E-state index contributed by atoms with van der Waals surface area (Å²) in [5.41, 5.74) is 2.09. The van der Waals surface area contributed by atoms with E-state index in [4.69, 9.17) is 14.8 Å². The Labute approximate surface area is 167 Å². The highest BCUT2D eigenvalue weighted by Gasteiger charge is 2.24. The maximum absolute atomic E-state index is 12.8. The zero-order valence-electron chi connectivity index (χ0n) is 16.2. The predicted molar refractivity (Wildman–Crippen MR) is 111 cm³/mol. The summed E-state index contributed by atoms with van der Waals surface area (Å²) in [7, 11) is 0. The fraction of sp³-hybridized carbons (Fsp3) is 0.273. The Bertz CT molecular complexity index is 1230. The standard InChI is InChI=1S/C22H21N5O2/c1-15(26-11-13-29-14-12-26)20-23-18-10-6-5-9-17(18)21-24-22(28)19(25-27(20)21)16-7-3-2-4-8-16/h2-10,15H,11-14H2,1H3. The summed E-state index contributed by atoms with van der Waals surface area (Å²) in [5, 5.41) is 5.55.